The average Bonchev–Trinajstić information content (AvgIpc) is 3.71. The molecule has 11 unspecified atom stereocenters. The Morgan fingerprint density at radius 3 is 2.59 bits per heavy atom. The number of anilines is 1. The number of amides is 1. The largest absolute Gasteiger partial charge is 0.472 e. The Kier molecular flexibility index (Phi) is 7.40. The molecule has 2 aromatic rings. The summed E-state index contributed by atoms with van der Waals surface area (Å²) in [5.41, 5.74) is 4.00. The van der Waals surface area contributed by atoms with Crippen LogP contribution in [0.2, 0.25) is 0 Å². The van der Waals surface area contributed by atoms with Gasteiger partial charge in [0.2, 0.25) is 5.96 Å². The molecule has 1 amide bonds. The van der Waals surface area contributed by atoms with Crippen LogP contribution in [0.25, 0.3) is 11.2 Å². The van der Waals surface area contributed by atoms with Crippen LogP contribution in [0, 0.1) is 5.41 Å². The standard InChI is InChI=1S/C21H26N10O13P2/c1-21(34)13-8(42-19(21)31-6-26-9-14(22)24-4-25-15(9)31)3-40-45(35,36)43-12-11(32)7(2-39-46(37,38)44-13)41-18(12)30-5-27-10-16(30)28-20(23)29-17(10)33/h4-8,10-13,18-19,32,34H,2-3H2,1H3,(H,35,36)(H,37,38)(H2,22,24,25)(H2,23,29,33). The molecule has 3 fully saturated rings. The number of guanidine groups is 1. The lowest BCUT2D eigenvalue weighted by Crippen LogP contribution is -2.53. The second-order valence-electron chi connectivity index (χ2n) is 10.9. The van der Waals surface area contributed by atoms with Crippen molar-refractivity contribution in [2.75, 3.05) is 18.9 Å². The number of amidine groups is 1. The number of phosphoric acid groups is 2. The van der Waals surface area contributed by atoms with E-state index >= 15 is 0 Å². The first-order valence-corrected chi connectivity index (χ1v) is 16.4. The maximum Gasteiger partial charge on any atom is 0.472 e. The van der Waals surface area contributed by atoms with E-state index in [4.69, 9.17) is 38.7 Å². The second-order valence-corrected chi connectivity index (χ2v) is 13.7. The van der Waals surface area contributed by atoms with Gasteiger partial charge in [-0.05, 0) is 6.92 Å². The fourth-order valence-corrected chi connectivity index (χ4v) is 7.67. The molecule has 7 rings (SSSR count). The number of aliphatic hydroxyl groups is 2. The lowest BCUT2D eigenvalue weighted by atomic mass is 9.96. The van der Waals surface area contributed by atoms with Gasteiger partial charge in [-0.25, -0.2) is 24.1 Å². The molecule has 23 nitrogen and oxygen atoms in total. The van der Waals surface area contributed by atoms with Crippen LogP contribution in [0.15, 0.2) is 22.6 Å². The Morgan fingerprint density at radius 1 is 1.11 bits per heavy atom. The highest BCUT2D eigenvalue weighted by molar-refractivity contribution is 7.47. The number of nitrogens with zero attached hydrogens (tertiary/aromatic N) is 7. The molecule has 0 radical (unpaired) electrons. The van der Waals surface area contributed by atoms with Gasteiger partial charge in [-0.1, -0.05) is 0 Å². The predicted octanol–water partition coefficient (Wildman–Crippen LogP) is -2.66. The minimum atomic E-state index is -5.14. The predicted molar refractivity (Wildman–Crippen MR) is 148 cm³/mol. The van der Waals surface area contributed by atoms with Crippen molar-refractivity contribution in [2.45, 2.75) is 61.5 Å². The second kappa shape index (κ2) is 10.9. The van der Waals surface area contributed by atoms with Crippen molar-refractivity contribution in [1.29, 1.82) is 5.41 Å². The summed E-state index contributed by atoms with van der Waals surface area (Å²) in [5.74, 6) is -1.28. The number of ether oxygens (including phenoxy) is 2. The van der Waals surface area contributed by atoms with Gasteiger partial charge in [0, 0.05) is 0 Å². The molecule has 46 heavy (non-hydrogen) atoms. The van der Waals surface area contributed by atoms with E-state index in [0.29, 0.717) is 0 Å². The van der Waals surface area contributed by atoms with E-state index in [9.17, 15) is 33.9 Å². The summed E-state index contributed by atoms with van der Waals surface area (Å²) in [6, 6.07) is -1.19. The minimum absolute atomic E-state index is 0.0281. The zero-order valence-electron chi connectivity index (χ0n) is 23.3. The zero-order valence-corrected chi connectivity index (χ0v) is 25.1. The normalized spacial score (nSPS) is 43.0. The van der Waals surface area contributed by atoms with Crippen LogP contribution in [-0.2, 0) is 41.5 Å². The number of aromatic nitrogens is 4. The van der Waals surface area contributed by atoms with Gasteiger partial charge in [0.05, 0.1) is 25.9 Å². The van der Waals surface area contributed by atoms with Gasteiger partial charge in [-0.15, -0.1) is 0 Å². The summed E-state index contributed by atoms with van der Waals surface area (Å²) in [7, 11) is -10.3. The monoisotopic (exact) mass is 688 g/mol. The highest BCUT2D eigenvalue weighted by Gasteiger charge is 2.59. The molecule has 0 aliphatic carbocycles. The summed E-state index contributed by atoms with van der Waals surface area (Å²) < 4.78 is 60.5. The average molecular weight is 688 g/mol. The molecule has 3 saturated heterocycles. The maximum atomic E-state index is 13.3. The van der Waals surface area contributed by atoms with Gasteiger partial charge in [-0.3, -0.25) is 48.1 Å². The van der Waals surface area contributed by atoms with Crippen molar-refractivity contribution in [3.8, 4) is 0 Å². The number of hydrogen-bond donors (Lipinski definition) is 7. The molecule has 7 heterocycles. The van der Waals surface area contributed by atoms with Crippen molar-refractivity contribution >= 4 is 56.7 Å². The van der Waals surface area contributed by atoms with Crippen LogP contribution >= 0.6 is 15.6 Å². The van der Waals surface area contributed by atoms with Crippen molar-refractivity contribution < 1.29 is 61.5 Å². The summed E-state index contributed by atoms with van der Waals surface area (Å²) in [6.45, 7) is -0.473. The third-order valence-electron chi connectivity index (χ3n) is 7.82. The van der Waals surface area contributed by atoms with Crippen LogP contribution < -0.4 is 11.1 Å². The molecule has 25 heteroatoms. The van der Waals surface area contributed by atoms with E-state index in [0.717, 1.165) is 17.6 Å². The van der Waals surface area contributed by atoms with E-state index < -0.39 is 95.3 Å². The molecule has 5 aliphatic rings. The first-order valence-electron chi connectivity index (χ1n) is 13.4. The molecule has 2 bridgehead atoms. The highest BCUT2D eigenvalue weighted by Crippen LogP contribution is 2.54. The van der Waals surface area contributed by atoms with Crippen molar-refractivity contribution in [2.24, 2.45) is 9.98 Å². The van der Waals surface area contributed by atoms with Gasteiger partial charge in [0.15, 0.2) is 35.8 Å². The molecular weight excluding hydrogens is 662 g/mol. The van der Waals surface area contributed by atoms with Crippen LogP contribution in [-0.4, -0.2) is 130 Å². The number of nitrogens with two attached hydrogens (primary N) is 1. The van der Waals surface area contributed by atoms with Crippen molar-refractivity contribution in [3.05, 3.63) is 12.7 Å². The van der Waals surface area contributed by atoms with E-state index in [1.54, 1.807) is 0 Å². The fraction of sp³-hybridized carbons (Fsp3) is 0.571. The highest BCUT2D eigenvalue weighted by atomic mass is 31.2. The van der Waals surface area contributed by atoms with E-state index in [1.807, 2.05) is 0 Å². The summed E-state index contributed by atoms with van der Waals surface area (Å²) in [6.07, 6.45) is -7.69. The molecule has 11 atom stereocenters. The zero-order chi connectivity index (χ0) is 32.8. The number of nitrogen functional groups attached to an aromatic ring is 1. The first kappa shape index (κ1) is 31.3. The Balaban J connectivity index is 1.19. The number of rotatable bonds is 2. The van der Waals surface area contributed by atoms with Crippen LogP contribution in [0.3, 0.4) is 0 Å². The Hall–Kier alpha value is -3.31. The number of imidazole rings is 1. The molecular formula is C21H26N10O13P2. The Labute approximate surface area is 256 Å². The number of carbonyl (C=O) groups is 1. The van der Waals surface area contributed by atoms with Gasteiger partial charge in [0.1, 0.15) is 48.0 Å². The van der Waals surface area contributed by atoms with Gasteiger partial charge in [-0.2, -0.15) is 4.99 Å². The van der Waals surface area contributed by atoms with Gasteiger partial charge < -0.3 is 35.2 Å². The first-order chi connectivity index (χ1) is 21.6. The number of aliphatic imine (C=N–C) groups is 2. The number of hydrogen-bond acceptors (Lipinski definition) is 18. The minimum Gasteiger partial charge on any atom is -0.387 e. The molecule has 248 valence electrons. The smallest absolute Gasteiger partial charge is 0.387 e. The molecule has 8 N–H and O–H groups in total. The molecule has 0 aromatic carbocycles. The van der Waals surface area contributed by atoms with Gasteiger partial charge in [0.25, 0.3) is 5.91 Å². The number of nitrogens with one attached hydrogen (secondary N) is 2. The number of carbonyl (C=O) groups excluding carboxylic acids is 1. The third kappa shape index (κ3) is 5.23. The summed E-state index contributed by atoms with van der Waals surface area (Å²) in [4.78, 5) is 54.9. The summed E-state index contributed by atoms with van der Waals surface area (Å²) in [5, 5.41) is 32.6. The van der Waals surface area contributed by atoms with E-state index in [2.05, 4.69) is 30.3 Å². The third-order valence-corrected chi connectivity index (χ3v) is 9.77. The van der Waals surface area contributed by atoms with Crippen LogP contribution in [0.4, 0.5) is 5.82 Å². The fourth-order valence-electron chi connectivity index (χ4n) is 5.70. The lowest BCUT2D eigenvalue weighted by Gasteiger charge is -2.32. The van der Waals surface area contributed by atoms with Gasteiger partial charge >= 0.3 is 15.6 Å². The van der Waals surface area contributed by atoms with E-state index in [-0.39, 0.29) is 22.8 Å². The van der Waals surface area contributed by atoms with Crippen molar-refractivity contribution in [3.63, 3.8) is 0 Å². The van der Waals surface area contributed by atoms with E-state index in [1.165, 1.54) is 17.8 Å². The maximum absolute atomic E-state index is 13.3. The molecule has 5 aliphatic heterocycles. The number of phosphoric ester groups is 2. The molecule has 2 aromatic heterocycles. The lowest BCUT2D eigenvalue weighted by molar-refractivity contribution is -0.119. The van der Waals surface area contributed by atoms with Crippen LogP contribution in [0.1, 0.15) is 13.2 Å². The molecule has 0 saturated carbocycles. The summed E-state index contributed by atoms with van der Waals surface area (Å²) >= 11 is 0. The number of aliphatic hydroxyl groups excluding tert-OH is 1. The Bertz CT molecular complexity index is 1770. The molecule has 0 spiro atoms. The quantitative estimate of drug-likeness (QED) is 0.158. The topological polar surface area (TPSA) is 321 Å². The van der Waals surface area contributed by atoms with Crippen molar-refractivity contribution in [1.82, 2.24) is 29.7 Å². The van der Waals surface area contributed by atoms with Crippen LogP contribution in [0.5, 0.6) is 0 Å². The SMILES string of the molecule is CC1(O)C2OP(=O)(O)OCC3OC(N4C=NC5C(=O)NC(=N)N=C54)C(OP(=O)(O)OCC2OC1n1cnc2c(N)ncnc21)C3O. The number of fused-ring (bicyclic) bond motifs is 5. The Morgan fingerprint density at radius 2 is 1.83 bits per heavy atom.